The highest BCUT2D eigenvalue weighted by atomic mass is 32.1. The molecule has 4 rings (SSSR count). The molecule has 2 aromatic rings. The number of likely N-dealkylation sites (tertiary alicyclic amines) is 1. The Morgan fingerprint density at radius 1 is 1.14 bits per heavy atom. The number of hydrogen-bond acceptors (Lipinski definition) is 3. The smallest absolute Gasteiger partial charge is 0.342 e. The monoisotopic (exact) mass is 408 g/mol. The third kappa shape index (κ3) is 4.25. The zero-order valence-corrected chi connectivity index (χ0v) is 16.4. The third-order valence-corrected chi connectivity index (χ3v) is 6.80. The zero-order chi connectivity index (χ0) is 19.7. The number of nitrogens with zero attached hydrogens (tertiary/aromatic N) is 2. The summed E-state index contributed by atoms with van der Waals surface area (Å²) in [7, 11) is 0. The first-order valence-electron chi connectivity index (χ1n) is 9.63. The summed E-state index contributed by atoms with van der Waals surface area (Å²) in [4.78, 5) is 18.4. The summed E-state index contributed by atoms with van der Waals surface area (Å²) in [5.74, 6) is -0.0865. The second-order valence-electron chi connectivity index (χ2n) is 7.58. The fourth-order valence-electron chi connectivity index (χ4n) is 4.21. The molecule has 0 bridgehead atoms. The van der Waals surface area contributed by atoms with Crippen molar-refractivity contribution in [1.82, 2.24) is 9.80 Å². The molecule has 3 heterocycles. The van der Waals surface area contributed by atoms with Gasteiger partial charge in [0.1, 0.15) is 0 Å². The van der Waals surface area contributed by atoms with Crippen molar-refractivity contribution < 1.29 is 18.0 Å². The SMILES string of the molecule is O=C(Cc1cccc(C(F)(F)F)c1)N1CCC(N2CCc3sccc3C2)CC1. The largest absolute Gasteiger partial charge is 0.416 e. The van der Waals surface area contributed by atoms with Crippen LogP contribution < -0.4 is 0 Å². The average molecular weight is 408 g/mol. The summed E-state index contributed by atoms with van der Waals surface area (Å²) in [5.41, 5.74) is 1.15. The number of piperidine rings is 1. The lowest BCUT2D eigenvalue weighted by Crippen LogP contribution is -2.48. The lowest BCUT2D eigenvalue weighted by Gasteiger charge is -2.40. The highest BCUT2D eigenvalue weighted by Gasteiger charge is 2.31. The number of hydrogen-bond donors (Lipinski definition) is 0. The van der Waals surface area contributed by atoms with Gasteiger partial charge in [-0.25, -0.2) is 0 Å². The second-order valence-corrected chi connectivity index (χ2v) is 8.58. The van der Waals surface area contributed by atoms with Crippen molar-refractivity contribution in [2.45, 2.75) is 44.4 Å². The standard InChI is InChI=1S/C21H23F3N2OS/c22-21(23,24)17-3-1-2-15(12-17)13-20(27)25-8-4-18(5-9-25)26-10-6-19-16(14-26)7-11-28-19/h1-3,7,11-12,18H,4-6,8-10,13-14H2. The van der Waals surface area contributed by atoms with Gasteiger partial charge in [0, 0.05) is 37.1 Å². The second kappa shape index (κ2) is 7.87. The van der Waals surface area contributed by atoms with Crippen LogP contribution in [0.4, 0.5) is 13.2 Å². The summed E-state index contributed by atoms with van der Waals surface area (Å²) in [6.07, 6.45) is -1.41. The number of benzene rings is 1. The Morgan fingerprint density at radius 2 is 1.93 bits per heavy atom. The lowest BCUT2D eigenvalue weighted by atomic mass is 9.99. The van der Waals surface area contributed by atoms with Gasteiger partial charge in [0.05, 0.1) is 12.0 Å². The maximum absolute atomic E-state index is 12.9. The van der Waals surface area contributed by atoms with E-state index in [0.29, 0.717) is 24.7 Å². The maximum atomic E-state index is 12.9. The molecule has 1 fully saturated rings. The van der Waals surface area contributed by atoms with E-state index in [-0.39, 0.29) is 12.3 Å². The summed E-state index contributed by atoms with van der Waals surface area (Å²) < 4.78 is 38.6. The van der Waals surface area contributed by atoms with Gasteiger partial charge < -0.3 is 4.90 Å². The summed E-state index contributed by atoms with van der Waals surface area (Å²) in [6.45, 7) is 3.41. The van der Waals surface area contributed by atoms with Gasteiger partial charge in [0.25, 0.3) is 0 Å². The number of carbonyl (C=O) groups excluding carboxylic acids is 1. The van der Waals surface area contributed by atoms with Crippen LogP contribution in [0, 0.1) is 0 Å². The molecule has 2 aliphatic heterocycles. The van der Waals surface area contributed by atoms with Crippen LogP contribution in [0.1, 0.15) is 34.4 Å². The first-order valence-corrected chi connectivity index (χ1v) is 10.5. The van der Waals surface area contributed by atoms with Gasteiger partial charge in [-0.3, -0.25) is 9.69 Å². The minimum atomic E-state index is -4.38. The van der Waals surface area contributed by atoms with Gasteiger partial charge in [-0.2, -0.15) is 13.2 Å². The molecule has 0 N–H and O–H groups in total. The van der Waals surface area contributed by atoms with E-state index in [9.17, 15) is 18.0 Å². The van der Waals surface area contributed by atoms with E-state index in [0.717, 1.165) is 44.5 Å². The molecule has 0 atom stereocenters. The molecule has 3 nitrogen and oxygen atoms in total. The summed E-state index contributed by atoms with van der Waals surface area (Å²) in [5, 5.41) is 2.16. The summed E-state index contributed by atoms with van der Waals surface area (Å²) in [6, 6.07) is 7.76. The van der Waals surface area contributed by atoms with Crippen molar-refractivity contribution in [3.63, 3.8) is 0 Å². The number of thiophene rings is 1. The molecule has 28 heavy (non-hydrogen) atoms. The molecule has 0 saturated carbocycles. The van der Waals surface area contributed by atoms with Crippen molar-refractivity contribution in [2.24, 2.45) is 0 Å². The van der Waals surface area contributed by atoms with E-state index in [1.54, 1.807) is 11.0 Å². The molecular weight excluding hydrogens is 385 g/mol. The van der Waals surface area contributed by atoms with Crippen LogP contribution in [-0.2, 0) is 30.4 Å². The topological polar surface area (TPSA) is 23.6 Å². The van der Waals surface area contributed by atoms with E-state index in [4.69, 9.17) is 0 Å². The van der Waals surface area contributed by atoms with Gasteiger partial charge in [-0.15, -0.1) is 11.3 Å². The quantitative estimate of drug-likeness (QED) is 0.754. The number of alkyl halides is 3. The predicted molar refractivity (Wildman–Crippen MR) is 103 cm³/mol. The predicted octanol–water partition coefficient (Wildman–Crippen LogP) is 4.36. The molecule has 1 aromatic carbocycles. The Bertz CT molecular complexity index is 840. The molecule has 0 radical (unpaired) electrons. The van der Waals surface area contributed by atoms with Gasteiger partial charge in [0.2, 0.25) is 5.91 Å². The van der Waals surface area contributed by atoms with Crippen molar-refractivity contribution >= 4 is 17.2 Å². The fourth-order valence-corrected chi connectivity index (χ4v) is 5.10. The van der Waals surface area contributed by atoms with E-state index >= 15 is 0 Å². The molecule has 0 unspecified atom stereocenters. The lowest BCUT2D eigenvalue weighted by molar-refractivity contribution is -0.138. The third-order valence-electron chi connectivity index (χ3n) is 5.78. The number of amides is 1. The van der Waals surface area contributed by atoms with Gasteiger partial charge in [-0.05, 0) is 47.9 Å². The van der Waals surface area contributed by atoms with Crippen LogP contribution in [0.5, 0.6) is 0 Å². The number of carbonyl (C=O) groups is 1. The van der Waals surface area contributed by atoms with Crippen LogP contribution in [-0.4, -0.2) is 41.4 Å². The van der Waals surface area contributed by atoms with Crippen molar-refractivity contribution in [3.05, 3.63) is 57.3 Å². The van der Waals surface area contributed by atoms with E-state index in [2.05, 4.69) is 16.3 Å². The number of halogens is 3. The Balaban J connectivity index is 1.31. The van der Waals surface area contributed by atoms with Crippen LogP contribution >= 0.6 is 11.3 Å². The average Bonchev–Trinajstić information content (AvgIpc) is 3.15. The van der Waals surface area contributed by atoms with Crippen molar-refractivity contribution in [1.29, 1.82) is 0 Å². The van der Waals surface area contributed by atoms with E-state index in [1.807, 2.05) is 11.3 Å². The van der Waals surface area contributed by atoms with Crippen LogP contribution in [0.3, 0.4) is 0 Å². The number of fused-ring (bicyclic) bond motifs is 1. The van der Waals surface area contributed by atoms with Crippen LogP contribution in [0.25, 0.3) is 0 Å². The van der Waals surface area contributed by atoms with Gasteiger partial charge >= 0.3 is 6.18 Å². The summed E-state index contributed by atoms with van der Waals surface area (Å²) >= 11 is 1.83. The normalized spacial score (nSPS) is 18.9. The van der Waals surface area contributed by atoms with Crippen molar-refractivity contribution in [2.75, 3.05) is 19.6 Å². The van der Waals surface area contributed by atoms with Gasteiger partial charge in [0.15, 0.2) is 0 Å². The first-order chi connectivity index (χ1) is 13.4. The molecule has 0 spiro atoms. The van der Waals surface area contributed by atoms with E-state index in [1.165, 1.54) is 16.5 Å². The first kappa shape index (κ1) is 19.5. The molecule has 1 saturated heterocycles. The molecular formula is C21H23F3N2OS. The highest BCUT2D eigenvalue weighted by molar-refractivity contribution is 7.10. The molecule has 1 aromatic heterocycles. The number of rotatable bonds is 3. The van der Waals surface area contributed by atoms with Crippen molar-refractivity contribution in [3.8, 4) is 0 Å². The van der Waals surface area contributed by atoms with Gasteiger partial charge in [-0.1, -0.05) is 18.2 Å². The molecule has 2 aliphatic rings. The minimum Gasteiger partial charge on any atom is -0.342 e. The zero-order valence-electron chi connectivity index (χ0n) is 15.5. The Morgan fingerprint density at radius 3 is 2.68 bits per heavy atom. The molecule has 150 valence electrons. The van der Waals surface area contributed by atoms with E-state index < -0.39 is 11.7 Å². The van der Waals surface area contributed by atoms with Crippen LogP contribution in [0.15, 0.2) is 35.7 Å². The minimum absolute atomic E-state index is 0.0244. The van der Waals surface area contributed by atoms with Crippen LogP contribution in [0.2, 0.25) is 0 Å². The molecule has 0 aliphatic carbocycles. The Kier molecular flexibility index (Phi) is 5.47. The maximum Gasteiger partial charge on any atom is 0.416 e. The Labute approximate surface area is 166 Å². The fraction of sp³-hybridized carbons (Fsp3) is 0.476. The highest BCUT2D eigenvalue weighted by Crippen LogP contribution is 2.30. The molecule has 1 amide bonds. The Hall–Kier alpha value is -1.86. The molecule has 7 heteroatoms.